The molecule has 0 saturated carbocycles. The van der Waals surface area contributed by atoms with Crippen LogP contribution in [0.25, 0.3) is 5.82 Å². The second-order valence-electron chi connectivity index (χ2n) is 6.54. The van der Waals surface area contributed by atoms with Crippen LogP contribution in [-0.4, -0.2) is 25.7 Å². The molecule has 0 spiro atoms. The molecular weight excluding hydrogens is 366 g/mol. The van der Waals surface area contributed by atoms with Crippen LogP contribution in [0, 0.1) is 13.8 Å². The summed E-state index contributed by atoms with van der Waals surface area (Å²) in [6.45, 7) is 4.01. The summed E-state index contributed by atoms with van der Waals surface area (Å²) < 4.78 is 7.41. The molecular formula is C22H19N5O2. The smallest absolute Gasteiger partial charge is 0.255 e. The first-order valence-electron chi connectivity index (χ1n) is 9.07. The number of aryl methyl sites for hydroxylation is 2. The molecule has 2 aromatic carbocycles. The number of hydrogen-bond acceptors (Lipinski definition) is 5. The lowest BCUT2D eigenvalue weighted by Gasteiger charge is -2.09. The van der Waals surface area contributed by atoms with Crippen molar-refractivity contribution in [2.24, 2.45) is 0 Å². The van der Waals surface area contributed by atoms with Gasteiger partial charge in [-0.1, -0.05) is 6.07 Å². The van der Waals surface area contributed by atoms with Crippen molar-refractivity contribution in [2.75, 3.05) is 5.32 Å². The average Bonchev–Trinajstić information content (AvgIpc) is 3.27. The molecule has 7 heteroatoms. The van der Waals surface area contributed by atoms with Gasteiger partial charge in [0.1, 0.15) is 12.1 Å². The Labute approximate surface area is 168 Å². The first-order valence-corrected chi connectivity index (χ1v) is 9.07. The van der Waals surface area contributed by atoms with E-state index in [1.165, 1.54) is 6.33 Å². The lowest BCUT2D eigenvalue weighted by atomic mass is 10.1. The van der Waals surface area contributed by atoms with Gasteiger partial charge in [-0.2, -0.15) is 5.10 Å². The summed E-state index contributed by atoms with van der Waals surface area (Å²) in [6.07, 6.45) is 4.89. The van der Waals surface area contributed by atoms with E-state index in [0.717, 1.165) is 11.1 Å². The van der Waals surface area contributed by atoms with Crippen LogP contribution >= 0.6 is 0 Å². The van der Waals surface area contributed by atoms with Crippen LogP contribution in [0.2, 0.25) is 0 Å². The number of nitrogens with one attached hydrogen (secondary N) is 1. The Kier molecular flexibility index (Phi) is 5.03. The largest absolute Gasteiger partial charge is 0.439 e. The number of ether oxygens (including phenoxy) is 1. The van der Waals surface area contributed by atoms with Crippen molar-refractivity contribution < 1.29 is 9.53 Å². The maximum atomic E-state index is 12.4. The van der Waals surface area contributed by atoms with E-state index in [1.54, 1.807) is 47.4 Å². The number of carbonyl (C=O) groups is 1. The lowest BCUT2D eigenvalue weighted by molar-refractivity contribution is 0.102. The number of amides is 1. The van der Waals surface area contributed by atoms with Gasteiger partial charge in [-0.05, 0) is 67.4 Å². The summed E-state index contributed by atoms with van der Waals surface area (Å²) in [4.78, 5) is 20.7. The van der Waals surface area contributed by atoms with E-state index < -0.39 is 0 Å². The zero-order chi connectivity index (χ0) is 20.2. The highest BCUT2D eigenvalue weighted by atomic mass is 16.5. The van der Waals surface area contributed by atoms with E-state index in [0.29, 0.717) is 28.7 Å². The second-order valence-corrected chi connectivity index (χ2v) is 6.54. The minimum absolute atomic E-state index is 0.151. The Balaban J connectivity index is 1.43. The third-order valence-electron chi connectivity index (χ3n) is 4.47. The third-order valence-corrected chi connectivity index (χ3v) is 4.47. The zero-order valence-corrected chi connectivity index (χ0v) is 16.0. The summed E-state index contributed by atoms with van der Waals surface area (Å²) >= 11 is 0. The number of carbonyl (C=O) groups excluding carboxylic acids is 1. The number of hydrogen-bond donors (Lipinski definition) is 1. The molecule has 0 bridgehead atoms. The third kappa shape index (κ3) is 4.30. The normalized spacial score (nSPS) is 10.6. The number of benzene rings is 2. The molecule has 0 saturated heterocycles. The van der Waals surface area contributed by atoms with Gasteiger partial charge in [0.05, 0.1) is 0 Å². The van der Waals surface area contributed by atoms with E-state index in [1.807, 2.05) is 38.1 Å². The summed E-state index contributed by atoms with van der Waals surface area (Å²) in [7, 11) is 0. The highest BCUT2D eigenvalue weighted by Gasteiger charge is 2.08. The molecule has 0 aliphatic rings. The predicted octanol–water partition coefficient (Wildman–Crippen LogP) is 4.32. The fourth-order valence-electron chi connectivity index (χ4n) is 2.73. The molecule has 29 heavy (non-hydrogen) atoms. The maximum Gasteiger partial charge on any atom is 0.255 e. The minimum Gasteiger partial charge on any atom is -0.439 e. The van der Waals surface area contributed by atoms with Gasteiger partial charge in [-0.15, -0.1) is 0 Å². The van der Waals surface area contributed by atoms with Gasteiger partial charge in [0.2, 0.25) is 5.88 Å². The van der Waals surface area contributed by atoms with E-state index in [9.17, 15) is 4.79 Å². The van der Waals surface area contributed by atoms with Crippen molar-refractivity contribution in [2.45, 2.75) is 13.8 Å². The second kappa shape index (κ2) is 7.93. The molecule has 1 N–H and O–H groups in total. The summed E-state index contributed by atoms with van der Waals surface area (Å²) in [5.41, 5.74) is 3.55. The summed E-state index contributed by atoms with van der Waals surface area (Å²) in [6, 6.07) is 16.3. The Morgan fingerprint density at radius 2 is 1.83 bits per heavy atom. The van der Waals surface area contributed by atoms with Gasteiger partial charge in [-0.25, -0.2) is 14.6 Å². The molecule has 0 atom stereocenters. The van der Waals surface area contributed by atoms with Gasteiger partial charge >= 0.3 is 0 Å². The van der Waals surface area contributed by atoms with E-state index >= 15 is 0 Å². The SMILES string of the molecule is Cc1ccc(C(=O)Nc2ccc(Oc3cc(-n4cccn4)ncn3)cc2)cc1C. The highest BCUT2D eigenvalue weighted by Crippen LogP contribution is 2.22. The monoisotopic (exact) mass is 385 g/mol. The minimum atomic E-state index is -0.151. The van der Waals surface area contributed by atoms with Gasteiger partial charge in [0.15, 0.2) is 5.82 Å². The standard InChI is InChI=1S/C22H19N5O2/c1-15-4-5-17(12-16(15)2)22(28)26-18-6-8-19(9-7-18)29-21-13-20(23-14-24-21)27-11-3-10-25-27/h3-14H,1-2H3,(H,26,28). The van der Waals surface area contributed by atoms with Crippen molar-refractivity contribution in [3.8, 4) is 17.4 Å². The zero-order valence-electron chi connectivity index (χ0n) is 16.0. The molecule has 144 valence electrons. The number of aromatic nitrogens is 4. The summed E-state index contributed by atoms with van der Waals surface area (Å²) in [5.74, 6) is 1.45. The average molecular weight is 385 g/mol. The van der Waals surface area contributed by atoms with E-state index in [2.05, 4.69) is 20.4 Å². The Morgan fingerprint density at radius 1 is 1.00 bits per heavy atom. The molecule has 2 aromatic heterocycles. The fraction of sp³-hybridized carbons (Fsp3) is 0.0909. The Morgan fingerprint density at radius 3 is 2.55 bits per heavy atom. The lowest BCUT2D eigenvalue weighted by Crippen LogP contribution is -2.12. The number of rotatable bonds is 5. The first kappa shape index (κ1) is 18.4. The van der Waals surface area contributed by atoms with Crippen LogP contribution in [0.1, 0.15) is 21.5 Å². The van der Waals surface area contributed by atoms with Crippen LogP contribution < -0.4 is 10.1 Å². The van der Waals surface area contributed by atoms with Crippen LogP contribution in [-0.2, 0) is 0 Å². The highest BCUT2D eigenvalue weighted by molar-refractivity contribution is 6.04. The molecule has 0 unspecified atom stereocenters. The van der Waals surface area contributed by atoms with Crippen molar-refractivity contribution >= 4 is 11.6 Å². The van der Waals surface area contributed by atoms with Gasteiger partial charge in [0.25, 0.3) is 5.91 Å². The molecule has 0 fully saturated rings. The Hall–Kier alpha value is -4.00. The molecule has 4 rings (SSSR count). The summed E-state index contributed by atoms with van der Waals surface area (Å²) in [5, 5.41) is 7.03. The topological polar surface area (TPSA) is 81.9 Å². The first-order chi connectivity index (χ1) is 14.1. The van der Waals surface area contributed by atoms with E-state index in [4.69, 9.17) is 4.74 Å². The van der Waals surface area contributed by atoms with Gasteiger partial charge in [0, 0.05) is 29.7 Å². The van der Waals surface area contributed by atoms with E-state index in [-0.39, 0.29) is 5.91 Å². The van der Waals surface area contributed by atoms with Gasteiger partial charge in [-0.3, -0.25) is 4.79 Å². The van der Waals surface area contributed by atoms with Crippen LogP contribution in [0.4, 0.5) is 5.69 Å². The molecule has 7 nitrogen and oxygen atoms in total. The van der Waals surface area contributed by atoms with Crippen LogP contribution in [0.5, 0.6) is 11.6 Å². The predicted molar refractivity (Wildman–Crippen MR) is 110 cm³/mol. The quantitative estimate of drug-likeness (QED) is 0.553. The molecule has 4 aromatic rings. The fourth-order valence-corrected chi connectivity index (χ4v) is 2.73. The number of anilines is 1. The van der Waals surface area contributed by atoms with Crippen molar-refractivity contribution in [3.63, 3.8) is 0 Å². The molecule has 1 amide bonds. The Bertz CT molecular complexity index is 1140. The molecule has 0 aliphatic carbocycles. The van der Waals surface area contributed by atoms with Crippen LogP contribution in [0.15, 0.2) is 73.3 Å². The number of nitrogens with zero attached hydrogens (tertiary/aromatic N) is 4. The van der Waals surface area contributed by atoms with Crippen LogP contribution in [0.3, 0.4) is 0 Å². The van der Waals surface area contributed by atoms with Gasteiger partial charge < -0.3 is 10.1 Å². The van der Waals surface area contributed by atoms with Crippen molar-refractivity contribution in [1.82, 2.24) is 19.7 Å². The maximum absolute atomic E-state index is 12.4. The van der Waals surface area contributed by atoms with Crippen molar-refractivity contribution in [3.05, 3.63) is 90.0 Å². The molecule has 0 aliphatic heterocycles. The molecule has 2 heterocycles. The van der Waals surface area contributed by atoms with Crippen molar-refractivity contribution in [1.29, 1.82) is 0 Å². The molecule has 0 radical (unpaired) electrons.